The molecule has 0 atom stereocenters. The third kappa shape index (κ3) is 2.12. The Balaban J connectivity index is 2.24. The van der Waals surface area contributed by atoms with Gasteiger partial charge in [-0.25, -0.2) is 8.78 Å². The number of nitrogens with zero attached hydrogens (tertiary/aromatic N) is 1. The Morgan fingerprint density at radius 3 is 2.45 bits per heavy atom. The van der Waals surface area contributed by atoms with Gasteiger partial charge in [0.05, 0.1) is 13.1 Å². The highest BCUT2D eigenvalue weighted by atomic mass is 19.3. The molecule has 0 amide bonds. The molecule has 0 aromatic carbocycles. The van der Waals surface area contributed by atoms with E-state index in [1.807, 2.05) is 0 Å². The normalized spacial score (nSPS) is 22.4. The molecule has 62 valence electrons. The zero-order chi connectivity index (χ0) is 8.48. The Labute approximate surface area is 65.0 Å². The lowest BCUT2D eigenvalue weighted by atomic mass is 10.1. The maximum atomic E-state index is 12.2. The lowest BCUT2D eigenvalue weighted by Crippen LogP contribution is -2.56. The van der Waals surface area contributed by atoms with Gasteiger partial charge in [-0.2, -0.15) is 0 Å². The number of rotatable bonds is 3. The maximum absolute atomic E-state index is 12.2. The van der Waals surface area contributed by atoms with Crippen LogP contribution in [-0.4, -0.2) is 30.5 Å². The van der Waals surface area contributed by atoms with E-state index in [2.05, 4.69) is 13.2 Å². The summed E-state index contributed by atoms with van der Waals surface area (Å²) in [5, 5.41) is 0. The molecule has 0 bridgehead atoms. The molecule has 0 radical (unpaired) electrons. The SMILES string of the molecule is C=CC(=C)CN1CC(F)(F)C1. The van der Waals surface area contributed by atoms with Crippen molar-refractivity contribution in [3.05, 3.63) is 24.8 Å². The summed E-state index contributed by atoms with van der Waals surface area (Å²) in [4.78, 5) is 1.64. The third-order valence-corrected chi connectivity index (χ3v) is 1.63. The van der Waals surface area contributed by atoms with Crippen LogP contribution in [0, 0.1) is 0 Å². The van der Waals surface area contributed by atoms with Gasteiger partial charge in [0.2, 0.25) is 0 Å². The molecular formula is C8H11F2N. The van der Waals surface area contributed by atoms with Gasteiger partial charge in [-0.1, -0.05) is 19.2 Å². The van der Waals surface area contributed by atoms with Crippen molar-refractivity contribution in [2.24, 2.45) is 0 Å². The van der Waals surface area contributed by atoms with Gasteiger partial charge in [-0.05, 0) is 5.57 Å². The molecule has 0 aliphatic carbocycles. The maximum Gasteiger partial charge on any atom is 0.272 e. The van der Waals surface area contributed by atoms with Crippen LogP contribution in [-0.2, 0) is 0 Å². The summed E-state index contributed by atoms with van der Waals surface area (Å²) in [6.45, 7) is 7.37. The zero-order valence-corrected chi connectivity index (χ0v) is 6.32. The molecule has 1 heterocycles. The second-order valence-electron chi connectivity index (χ2n) is 2.86. The number of hydrogen-bond donors (Lipinski definition) is 0. The van der Waals surface area contributed by atoms with Gasteiger partial charge < -0.3 is 0 Å². The molecule has 11 heavy (non-hydrogen) atoms. The summed E-state index contributed by atoms with van der Waals surface area (Å²) in [6, 6.07) is 0. The lowest BCUT2D eigenvalue weighted by molar-refractivity contribution is -0.126. The molecule has 3 heteroatoms. The first-order valence-corrected chi connectivity index (χ1v) is 3.44. The van der Waals surface area contributed by atoms with Gasteiger partial charge in [-0.3, -0.25) is 4.90 Å². The summed E-state index contributed by atoms with van der Waals surface area (Å²) in [5.41, 5.74) is 0.792. The van der Waals surface area contributed by atoms with Crippen molar-refractivity contribution in [3.63, 3.8) is 0 Å². The van der Waals surface area contributed by atoms with Crippen molar-refractivity contribution in [3.8, 4) is 0 Å². The van der Waals surface area contributed by atoms with Crippen LogP contribution in [0.15, 0.2) is 24.8 Å². The van der Waals surface area contributed by atoms with E-state index in [0.29, 0.717) is 6.54 Å². The second kappa shape index (κ2) is 2.74. The molecule has 0 N–H and O–H groups in total. The highest BCUT2D eigenvalue weighted by Gasteiger charge is 2.43. The Morgan fingerprint density at radius 2 is 2.09 bits per heavy atom. The van der Waals surface area contributed by atoms with Crippen LogP contribution in [0.4, 0.5) is 8.78 Å². The van der Waals surface area contributed by atoms with Crippen molar-refractivity contribution >= 4 is 0 Å². The second-order valence-corrected chi connectivity index (χ2v) is 2.86. The summed E-state index contributed by atoms with van der Waals surface area (Å²) in [6.07, 6.45) is 1.59. The average Bonchev–Trinajstić information content (AvgIpc) is 1.83. The Bertz CT molecular complexity index is 179. The molecule has 0 saturated carbocycles. The Kier molecular flexibility index (Phi) is 2.09. The standard InChI is InChI=1S/C8H11F2N/c1-3-7(2)4-11-5-8(9,10)6-11/h3H,1-2,4-6H2. The van der Waals surface area contributed by atoms with Gasteiger partial charge in [0, 0.05) is 6.54 Å². The molecule has 1 aliphatic rings. The van der Waals surface area contributed by atoms with Crippen molar-refractivity contribution in [2.45, 2.75) is 5.92 Å². The quantitative estimate of drug-likeness (QED) is 0.566. The minimum atomic E-state index is -2.47. The van der Waals surface area contributed by atoms with Gasteiger partial charge in [0.15, 0.2) is 0 Å². The van der Waals surface area contributed by atoms with Crippen LogP contribution in [0.2, 0.25) is 0 Å². The smallest absolute Gasteiger partial charge is 0.272 e. The summed E-state index contributed by atoms with van der Waals surface area (Å²) in [5.74, 6) is -2.47. The fourth-order valence-corrected chi connectivity index (χ4v) is 1.07. The first-order chi connectivity index (χ1) is 5.03. The molecule has 1 rings (SSSR count). The topological polar surface area (TPSA) is 3.24 Å². The van der Waals surface area contributed by atoms with Crippen LogP contribution in [0.1, 0.15) is 0 Å². The Morgan fingerprint density at radius 1 is 1.55 bits per heavy atom. The molecule has 0 aromatic rings. The highest BCUT2D eigenvalue weighted by molar-refractivity contribution is 5.14. The molecule has 0 spiro atoms. The van der Waals surface area contributed by atoms with Gasteiger partial charge in [-0.15, -0.1) is 0 Å². The number of alkyl halides is 2. The van der Waals surface area contributed by atoms with E-state index >= 15 is 0 Å². The first kappa shape index (κ1) is 8.40. The van der Waals surface area contributed by atoms with Crippen LogP contribution >= 0.6 is 0 Å². The fourth-order valence-electron chi connectivity index (χ4n) is 1.07. The van der Waals surface area contributed by atoms with Crippen LogP contribution in [0.3, 0.4) is 0 Å². The van der Waals surface area contributed by atoms with Crippen molar-refractivity contribution in [1.29, 1.82) is 0 Å². The van der Waals surface area contributed by atoms with Crippen LogP contribution in [0.5, 0.6) is 0 Å². The average molecular weight is 159 g/mol. The molecule has 0 unspecified atom stereocenters. The van der Waals surface area contributed by atoms with E-state index in [-0.39, 0.29) is 13.1 Å². The molecule has 1 aliphatic heterocycles. The van der Waals surface area contributed by atoms with Crippen LogP contribution < -0.4 is 0 Å². The molecule has 1 fully saturated rings. The van der Waals surface area contributed by atoms with E-state index in [0.717, 1.165) is 5.57 Å². The van der Waals surface area contributed by atoms with Crippen molar-refractivity contribution < 1.29 is 8.78 Å². The monoisotopic (exact) mass is 159 g/mol. The van der Waals surface area contributed by atoms with E-state index in [1.54, 1.807) is 11.0 Å². The van der Waals surface area contributed by atoms with Crippen molar-refractivity contribution in [1.82, 2.24) is 4.90 Å². The minimum Gasteiger partial charge on any atom is -0.287 e. The number of likely N-dealkylation sites (tertiary alicyclic amines) is 1. The third-order valence-electron chi connectivity index (χ3n) is 1.63. The molecule has 1 saturated heterocycles. The predicted molar refractivity (Wildman–Crippen MR) is 40.7 cm³/mol. The largest absolute Gasteiger partial charge is 0.287 e. The van der Waals surface area contributed by atoms with E-state index in [4.69, 9.17) is 0 Å². The minimum absolute atomic E-state index is 0.139. The molecule has 0 aromatic heterocycles. The first-order valence-electron chi connectivity index (χ1n) is 3.44. The number of hydrogen-bond acceptors (Lipinski definition) is 1. The lowest BCUT2D eigenvalue weighted by Gasteiger charge is -2.38. The molecular weight excluding hydrogens is 148 g/mol. The Hall–Kier alpha value is -0.700. The van der Waals surface area contributed by atoms with Gasteiger partial charge in [0.25, 0.3) is 5.92 Å². The predicted octanol–water partition coefficient (Wildman–Crippen LogP) is 1.68. The number of halogens is 2. The highest BCUT2D eigenvalue weighted by Crippen LogP contribution is 2.26. The summed E-state index contributed by atoms with van der Waals surface area (Å²) < 4.78 is 24.5. The summed E-state index contributed by atoms with van der Waals surface area (Å²) >= 11 is 0. The van der Waals surface area contributed by atoms with Gasteiger partial charge in [0.1, 0.15) is 0 Å². The molecule has 1 nitrogen and oxygen atoms in total. The summed E-state index contributed by atoms with van der Waals surface area (Å²) in [7, 11) is 0. The van der Waals surface area contributed by atoms with E-state index in [9.17, 15) is 8.78 Å². The van der Waals surface area contributed by atoms with Crippen LogP contribution in [0.25, 0.3) is 0 Å². The van der Waals surface area contributed by atoms with Crippen molar-refractivity contribution in [2.75, 3.05) is 19.6 Å². The van der Waals surface area contributed by atoms with Gasteiger partial charge >= 0.3 is 0 Å². The van der Waals surface area contributed by atoms with E-state index in [1.165, 1.54) is 0 Å². The van der Waals surface area contributed by atoms with E-state index < -0.39 is 5.92 Å². The zero-order valence-electron chi connectivity index (χ0n) is 6.32. The fraction of sp³-hybridized carbons (Fsp3) is 0.500.